The lowest BCUT2D eigenvalue weighted by Gasteiger charge is -2.22. The maximum Gasteiger partial charge on any atom is 0.228 e. The largest absolute Gasteiger partial charge is 0.394 e. The third kappa shape index (κ3) is 3.29. The summed E-state index contributed by atoms with van der Waals surface area (Å²) in [4.78, 5) is 19.6. The predicted molar refractivity (Wildman–Crippen MR) is 86.0 cm³/mol. The van der Waals surface area contributed by atoms with Crippen molar-refractivity contribution in [3.63, 3.8) is 0 Å². The van der Waals surface area contributed by atoms with Crippen molar-refractivity contribution in [3.05, 3.63) is 27.5 Å². The number of halogens is 1. The molecule has 1 aliphatic rings. The van der Waals surface area contributed by atoms with Crippen LogP contribution in [0.15, 0.2) is 17.5 Å². The van der Waals surface area contributed by atoms with Crippen molar-refractivity contribution < 1.29 is 9.90 Å². The first-order valence-corrected chi connectivity index (χ1v) is 8.85. The Balaban J connectivity index is 1.68. The van der Waals surface area contributed by atoms with Gasteiger partial charge in [-0.05, 0) is 25.0 Å². The number of aromatic nitrogens is 1. The molecule has 0 spiro atoms. The highest BCUT2D eigenvalue weighted by molar-refractivity contribution is 7.23. The van der Waals surface area contributed by atoms with Crippen LogP contribution in [-0.2, 0) is 11.2 Å². The highest BCUT2D eigenvalue weighted by atomic mass is 35.5. The van der Waals surface area contributed by atoms with Crippen molar-refractivity contribution in [2.45, 2.75) is 25.3 Å². The molecule has 112 valence electrons. The van der Waals surface area contributed by atoms with Crippen molar-refractivity contribution in [1.29, 1.82) is 0 Å². The lowest BCUT2D eigenvalue weighted by molar-refractivity contribution is -0.132. The van der Waals surface area contributed by atoms with Gasteiger partial charge in [0, 0.05) is 11.9 Å². The molecule has 1 fully saturated rings. The SMILES string of the molecule is O=C(Cc1csc(-c2ccc(Cl)s2)n1)N1CCC[C@@H]1CO. The van der Waals surface area contributed by atoms with Gasteiger partial charge in [0.05, 0.1) is 34.0 Å². The minimum Gasteiger partial charge on any atom is -0.394 e. The Morgan fingerprint density at radius 1 is 1.52 bits per heavy atom. The molecule has 4 nitrogen and oxygen atoms in total. The summed E-state index contributed by atoms with van der Waals surface area (Å²) in [6, 6.07) is 3.77. The number of hydrogen-bond acceptors (Lipinski definition) is 5. The van der Waals surface area contributed by atoms with Gasteiger partial charge in [-0.2, -0.15) is 0 Å². The van der Waals surface area contributed by atoms with Crippen LogP contribution in [0.3, 0.4) is 0 Å². The Kier molecular flexibility index (Phi) is 4.59. The number of rotatable bonds is 4. The average Bonchev–Trinajstić information content (AvgIpc) is 3.17. The summed E-state index contributed by atoms with van der Waals surface area (Å²) in [7, 11) is 0. The van der Waals surface area contributed by atoms with E-state index >= 15 is 0 Å². The quantitative estimate of drug-likeness (QED) is 0.929. The minimum absolute atomic E-state index is 0.0216. The topological polar surface area (TPSA) is 53.4 Å². The highest BCUT2D eigenvalue weighted by Gasteiger charge is 2.28. The number of thiazole rings is 1. The van der Waals surface area contributed by atoms with Crippen LogP contribution in [-0.4, -0.2) is 40.1 Å². The molecule has 1 saturated heterocycles. The summed E-state index contributed by atoms with van der Waals surface area (Å²) in [6.07, 6.45) is 2.15. The highest BCUT2D eigenvalue weighted by Crippen LogP contribution is 2.33. The smallest absolute Gasteiger partial charge is 0.228 e. The van der Waals surface area contributed by atoms with Gasteiger partial charge in [-0.1, -0.05) is 11.6 Å². The van der Waals surface area contributed by atoms with E-state index < -0.39 is 0 Å². The number of carbonyl (C=O) groups is 1. The zero-order chi connectivity index (χ0) is 14.8. The standard InChI is InChI=1S/C14H15ClN2O2S2/c15-12-4-3-11(21-12)14-16-9(8-20-14)6-13(19)17-5-1-2-10(17)7-18/h3-4,8,10,18H,1-2,5-7H2/t10-/m1/s1. The molecule has 1 aliphatic heterocycles. The summed E-state index contributed by atoms with van der Waals surface area (Å²) in [5, 5.41) is 12.1. The second-order valence-electron chi connectivity index (χ2n) is 4.99. The van der Waals surface area contributed by atoms with E-state index in [1.165, 1.54) is 22.7 Å². The Hall–Kier alpha value is -0.950. The molecule has 0 saturated carbocycles. The van der Waals surface area contributed by atoms with Crippen LogP contribution in [0.4, 0.5) is 0 Å². The number of hydrogen-bond donors (Lipinski definition) is 1. The summed E-state index contributed by atoms with van der Waals surface area (Å²) in [5.41, 5.74) is 0.785. The third-order valence-corrected chi connectivity index (χ3v) is 5.87. The Morgan fingerprint density at radius 2 is 2.38 bits per heavy atom. The number of aliphatic hydroxyl groups excluding tert-OH is 1. The maximum atomic E-state index is 12.3. The van der Waals surface area contributed by atoms with E-state index in [9.17, 15) is 9.90 Å². The van der Waals surface area contributed by atoms with Gasteiger partial charge in [0.2, 0.25) is 5.91 Å². The van der Waals surface area contributed by atoms with Gasteiger partial charge in [-0.25, -0.2) is 4.98 Å². The molecule has 1 atom stereocenters. The fourth-order valence-corrected chi connectivity index (χ4v) is 4.48. The Labute approximate surface area is 136 Å². The summed E-state index contributed by atoms with van der Waals surface area (Å²) in [5.74, 6) is 0.0487. The second kappa shape index (κ2) is 6.44. The molecule has 2 aromatic rings. The van der Waals surface area contributed by atoms with Crippen LogP contribution in [0.5, 0.6) is 0 Å². The van der Waals surface area contributed by atoms with E-state index in [0.29, 0.717) is 6.42 Å². The van der Waals surface area contributed by atoms with Gasteiger partial charge >= 0.3 is 0 Å². The fraction of sp³-hybridized carbons (Fsp3) is 0.429. The van der Waals surface area contributed by atoms with E-state index in [1.807, 2.05) is 17.5 Å². The van der Waals surface area contributed by atoms with Gasteiger partial charge in [0.1, 0.15) is 5.01 Å². The van der Waals surface area contributed by atoms with Gasteiger partial charge in [0.25, 0.3) is 0 Å². The third-order valence-electron chi connectivity index (χ3n) is 3.58. The van der Waals surface area contributed by atoms with Crippen molar-refractivity contribution in [2.75, 3.05) is 13.2 Å². The number of aliphatic hydroxyl groups is 1. The zero-order valence-electron chi connectivity index (χ0n) is 11.3. The van der Waals surface area contributed by atoms with Gasteiger partial charge in [-0.15, -0.1) is 22.7 Å². The molecule has 0 aromatic carbocycles. The summed E-state index contributed by atoms with van der Waals surface area (Å²) in [6.45, 7) is 0.781. The normalized spacial score (nSPS) is 18.4. The van der Waals surface area contributed by atoms with Gasteiger partial charge in [-0.3, -0.25) is 4.79 Å². The molecule has 0 radical (unpaired) electrons. The lowest BCUT2D eigenvalue weighted by atomic mass is 10.2. The van der Waals surface area contributed by atoms with E-state index in [0.717, 1.165) is 39.3 Å². The molecule has 1 amide bonds. The summed E-state index contributed by atoms with van der Waals surface area (Å²) >= 11 is 8.95. The first-order valence-electron chi connectivity index (χ1n) is 6.78. The van der Waals surface area contributed by atoms with Crippen molar-refractivity contribution in [3.8, 4) is 9.88 Å². The number of thiophene rings is 1. The van der Waals surface area contributed by atoms with Crippen molar-refractivity contribution in [1.82, 2.24) is 9.88 Å². The average molecular weight is 343 g/mol. The van der Waals surface area contributed by atoms with Crippen molar-refractivity contribution in [2.24, 2.45) is 0 Å². The fourth-order valence-electron chi connectivity index (χ4n) is 2.54. The molecule has 2 aromatic heterocycles. The number of nitrogens with zero attached hydrogens (tertiary/aromatic N) is 2. The van der Waals surface area contributed by atoms with E-state index in [4.69, 9.17) is 11.6 Å². The van der Waals surface area contributed by atoms with Gasteiger partial charge in [0.15, 0.2) is 0 Å². The minimum atomic E-state index is -0.0216. The zero-order valence-corrected chi connectivity index (χ0v) is 13.7. The molecule has 0 aliphatic carbocycles. The van der Waals surface area contributed by atoms with Crippen LogP contribution in [0.1, 0.15) is 18.5 Å². The Morgan fingerprint density at radius 3 is 3.10 bits per heavy atom. The van der Waals surface area contributed by atoms with E-state index in [2.05, 4.69) is 4.98 Å². The lowest BCUT2D eigenvalue weighted by Crippen LogP contribution is -2.38. The molecular weight excluding hydrogens is 328 g/mol. The second-order valence-corrected chi connectivity index (χ2v) is 7.56. The molecule has 0 unspecified atom stereocenters. The van der Waals surface area contributed by atoms with E-state index in [-0.39, 0.29) is 18.6 Å². The molecule has 21 heavy (non-hydrogen) atoms. The molecule has 7 heteroatoms. The molecule has 3 rings (SSSR count). The first-order chi connectivity index (χ1) is 10.2. The number of likely N-dealkylation sites (tertiary alicyclic amines) is 1. The number of amides is 1. The molecule has 1 N–H and O–H groups in total. The van der Waals surface area contributed by atoms with Crippen LogP contribution in [0.2, 0.25) is 4.34 Å². The molecule has 0 bridgehead atoms. The molecule has 3 heterocycles. The Bertz CT molecular complexity index is 640. The van der Waals surface area contributed by atoms with Gasteiger partial charge < -0.3 is 10.0 Å². The number of carbonyl (C=O) groups excluding carboxylic acids is 1. The van der Waals surface area contributed by atoms with Crippen LogP contribution >= 0.6 is 34.3 Å². The van der Waals surface area contributed by atoms with E-state index in [1.54, 1.807) is 4.90 Å². The van der Waals surface area contributed by atoms with Crippen LogP contribution in [0.25, 0.3) is 9.88 Å². The van der Waals surface area contributed by atoms with Crippen LogP contribution in [0, 0.1) is 0 Å². The van der Waals surface area contributed by atoms with Crippen molar-refractivity contribution >= 4 is 40.2 Å². The van der Waals surface area contributed by atoms with Crippen LogP contribution < -0.4 is 0 Å². The maximum absolute atomic E-state index is 12.3. The first kappa shape index (κ1) is 15.0. The predicted octanol–water partition coefficient (Wildman–Crippen LogP) is 3.05. The summed E-state index contributed by atoms with van der Waals surface area (Å²) < 4.78 is 0.737. The molecular formula is C14H15ClN2O2S2. The monoisotopic (exact) mass is 342 g/mol.